The van der Waals surface area contributed by atoms with E-state index in [0.29, 0.717) is 0 Å². The van der Waals surface area contributed by atoms with Gasteiger partial charge in [0.15, 0.2) is 0 Å². The highest BCUT2D eigenvalue weighted by atomic mass is 16.3. The molecule has 0 amide bonds. The van der Waals surface area contributed by atoms with E-state index in [1.54, 1.807) is 0 Å². The number of nitrogens with zero attached hydrogens (tertiary/aromatic N) is 1. The van der Waals surface area contributed by atoms with E-state index in [0.717, 1.165) is 38.9 Å². The molecule has 0 bridgehead atoms. The fourth-order valence-electron chi connectivity index (χ4n) is 2.83. The molecule has 0 radical (unpaired) electrons. The van der Waals surface area contributed by atoms with Gasteiger partial charge in [0.25, 0.3) is 0 Å². The van der Waals surface area contributed by atoms with Crippen LogP contribution in [0.1, 0.15) is 50.3 Å². The van der Waals surface area contributed by atoms with E-state index in [2.05, 4.69) is 50.8 Å². The lowest BCUT2D eigenvalue weighted by molar-refractivity contribution is 0.0832. The highest BCUT2D eigenvalue weighted by molar-refractivity contribution is 5.34. The van der Waals surface area contributed by atoms with Crippen LogP contribution in [0.25, 0.3) is 0 Å². The molecule has 0 aliphatic carbocycles. The number of likely N-dealkylation sites (tertiary alicyclic amines) is 1. The van der Waals surface area contributed by atoms with Gasteiger partial charge in [-0.3, -0.25) is 0 Å². The highest BCUT2D eigenvalue weighted by Crippen LogP contribution is 2.25. The smallest absolute Gasteiger partial charge is 0.0564 e. The molecule has 0 atom stereocenters. The lowest BCUT2D eigenvalue weighted by Gasteiger charge is -2.29. The average Bonchev–Trinajstić information content (AvgIpc) is 2.38. The van der Waals surface area contributed by atoms with E-state index in [9.17, 15) is 5.11 Å². The van der Waals surface area contributed by atoms with Gasteiger partial charge < -0.3 is 10.0 Å². The average molecular weight is 275 g/mol. The Labute approximate surface area is 123 Å². The van der Waals surface area contributed by atoms with Gasteiger partial charge >= 0.3 is 0 Å². The number of rotatable bonds is 3. The van der Waals surface area contributed by atoms with Crippen molar-refractivity contribution in [2.24, 2.45) is 0 Å². The molecule has 1 saturated heterocycles. The molecule has 0 spiro atoms. The molecule has 2 rings (SSSR count). The van der Waals surface area contributed by atoms with Crippen LogP contribution in [0.3, 0.4) is 0 Å². The Hall–Kier alpha value is -0.860. The molecule has 1 heterocycles. The SMILES string of the molecule is Cc1ccc(C(C)(C)C)cc1CCN1CCC(O)CC1. The van der Waals surface area contributed by atoms with Crippen LogP contribution in [0.15, 0.2) is 18.2 Å². The van der Waals surface area contributed by atoms with Gasteiger partial charge in [-0.25, -0.2) is 0 Å². The van der Waals surface area contributed by atoms with Crippen LogP contribution in [-0.2, 0) is 11.8 Å². The number of aliphatic hydroxyl groups is 1. The van der Waals surface area contributed by atoms with Crippen molar-refractivity contribution in [2.75, 3.05) is 19.6 Å². The van der Waals surface area contributed by atoms with Crippen LogP contribution in [-0.4, -0.2) is 35.7 Å². The third-order valence-electron chi connectivity index (χ3n) is 4.47. The Bertz CT molecular complexity index is 439. The van der Waals surface area contributed by atoms with E-state index in [4.69, 9.17) is 0 Å². The summed E-state index contributed by atoms with van der Waals surface area (Å²) >= 11 is 0. The van der Waals surface area contributed by atoms with Crippen molar-refractivity contribution in [3.63, 3.8) is 0 Å². The summed E-state index contributed by atoms with van der Waals surface area (Å²) in [7, 11) is 0. The number of benzene rings is 1. The Morgan fingerprint density at radius 3 is 2.45 bits per heavy atom. The van der Waals surface area contributed by atoms with Crippen molar-refractivity contribution in [1.29, 1.82) is 0 Å². The van der Waals surface area contributed by atoms with Crippen molar-refractivity contribution in [3.8, 4) is 0 Å². The standard InChI is InChI=1S/C18H29NO/c1-14-5-6-16(18(2,3)4)13-15(14)7-10-19-11-8-17(20)9-12-19/h5-6,13,17,20H,7-12H2,1-4H3. The van der Waals surface area contributed by atoms with Gasteiger partial charge in [-0.15, -0.1) is 0 Å². The van der Waals surface area contributed by atoms with Gasteiger partial charge in [0.05, 0.1) is 6.10 Å². The minimum Gasteiger partial charge on any atom is -0.393 e. The minimum atomic E-state index is -0.0720. The van der Waals surface area contributed by atoms with Crippen molar-refractivity contribution in [1.82, 2.24) is 4.90 Å². The third kappa shape index (κ3) is 4.07. The van der Waals surface area contributed by atoms with Crippen molar-refractivity contribution < 1.29 is 5.11 Å². The molecular formula is C18H29NO. The van der Waals surface area contributed by atoms with Crippen molar-refractivity contribution >= 4 is 0 Å². The Morgan fingerprint density at radius 2 is 1.85 bits per heavy atom. The van der Waals surface area contributed by atoms with Crippen molar-refractivity contribution in [3.05, 3.63) is 34.9 Å². The zero-order valence-electron chi connectivity index (χ0n) is 13.4. The van der Waals surface area contributed by atoms with E-state index >= 15 is 0 Å². The van der Waals surface area contributed by atoms with Gasteiger partial charge in [0.2, 0.25) is 0 Å². The van der Waals surface area contributed by atoms with Crippen LogP contribution in [0, 0.1) is 6.92 Å². The molecule has 2 nitrogen and oxygen atoms in total. The summed E-state index contributed by atoms with van der Waals surface area (Å²) in [5.74, 6) is 0. The summed E-state index contributed by atoms with van der Waals surface area (Å²) in [6.45, 7) is 12.2. The van der Waals surface area contributed by atoms with E-state index in [1.807, 2.05) is 0 Å². The second kappa shape index (κ2) is 6.28. The van der Waals surface area contributed by atoms with Crippen LogP contribution >= 0.6 is 0 Å². The summed E-state index contributed by atoms with van der Waals surface area (Å²) in [6, 6.07) is 6.90. The number of aliphatic hydroxyl groups excluding tert-OH is 1. The largest absolute Gasteiger partial charge is 0.393 e. The summed E-state index contributed by atoms with van der Waals surface area (Å²) in [5.41, 5.74) is 4.52. The molecular weight excluding hydrogens is 246 g/mol. The molecule has 2 heteroatoms. The summed E-state index contributed by atoms with van der Waals surface area (Å²) in [5, 5.41) is 9.56. The van der Waals surface area contributed by atoms with E-state index in [1.165, 1.54) is 16.7 Å². The fourth-order valence-corrected chi connectivity index (χ4v) is 2.83. The zero-order valence-corrected chi connectivity index (χ0v) is 13.4. The maximum absolute atomic E-state index is 9.56. The van der Waals surface area contributed by atoms with E-state index < -0.39 is 0 Å². The second-order valence-electron chi connectivity index (χ2n) is 7.21. The summed E-state index contributed by atoms with van der Waals surface area (Å²) < 4.78 is 0. The van der Waals surface area contributed by atoms with Gasteiger partial charge in [-0.05, 0) is 48.3 Å². The predicted molar refractivity (Wildman–Crippen MR) is 85.3 cm³/mol. The molecule has 1 aromatic carbocycles. The van der Waals surface area contributed by atoms with Gasteiger partial charge in [0.1, 0.15) is 0 Å². The molecule has 0 unspecified atom stereocenters. The number of hydrogen-bond donors (Lipinski definition) is 1. The molecule has 1 aliphatic heterocycles. The topological polar surface area (TPSA) is 23.5 Å². The number of piperidine rings is 1. The van der Waals surface area contributed by atoms with Crippen LogP contribution in [0.5, 0.6) is 0 Å². The first kappa shape index (κ1) is 15.5. The Morgan fingerprint density at radius 1 is 1.20 bits per heavy atom. The highest BCUT2D eigenvalue weighted by Gasteiger charge is 2.18. The first-order valence-electron chi connectivity index (χ1n) is 7.86. The summed E-state index contributed by atoms with van der Waals surface area (Å²) in [4.78, 5) is 2.48. The molecule has 112 valence electrons. The van der Waals surface area contributed by atoms with E-state index in [-0.39, 0.29) is 11.5 Å². The fraction of sp³-hybridized carbons (Fsp3) is 0.667. The summed E-state index contributed by atoms with van der Waals surface area (Å²) in [6.07, 6.45) is 2.91. The Kier molecular flexibility index (Phi) is 4.87. The minimum absolute atomic E-state index is 0.0720. The van der Waals surface area contributed by atoms with Gasteiger partial charge in [0, 0.05) is 19.6 Å². The monoisotopic (exact) mass is 275 g/mol. The normalized spacial score (nSPS) is 18.4. The number of hydrogen-bond acceptors (Lipinski definition) is 2. The molecule has 1 aromatic rings. The van der Waals surface area contributed by atoms with Gasteiger partial charge in [-0.1, -0.05) is 39.0 Å². The second-order valence-corrected chi connectivity index (χ2v) is 7.21. The van der Waals surface area contributed by atoms with Crippen LogP contribution in [0.2, 0.25) is 0 Å². The molecule has 1 fully saturated rings. The molecule has 1 aliphatic rings. The quantitative estimate of drug-likeness (QED) is 0.915. The lowest BCUT2D eigenvalue weighted by atomic mass is 9.85. The molecule has 0 saturated carbocycles. The van der Waals surface area contributed by atoms with Crippen LogP contribution < -0.4 is 0 Å². The first-order valence-corrected chi connectivity index (χ1v) is 7.86. The first-order chi connectivity index (χ1) is 9.36. The lowest BCUT2D eigenvalue weighted by Crippen LogP contribution is -2.37. The zero-order chi connectivity index (χ0) is 14.8. The Balaban J connectivity index is 1.98. The predicted octanol–water partition coefficient (Wildman–Crippen LogP) is 3.29. The maximum Gasteiger partial charge on any atom is 0.0564 e. The third-order valence-corrected chi connectivity index (χ3v) is 4.47. The number of aryl methyl sites for hydroxylation is 1. The van der Waals surface area contributed by atoms with Gasteiger partial charge in [-0.2, -0.15) is 0 Å². The van der Waals surface area contributed by atoms with Crippen molar-refractivity contribution in [2.45, 2.75) is 58.5 Å². The maximum atomic E-state index is 9.56. The van der Waals surface area contributed by atoms with Crippen LogP contribution in [0.4, 0.5) is 0 Å². The molecule has 1 N–H and O–H groups in total. The molecule has 20 heavy (non-hydrogen) atoms. The molecule has 0 aromatic heterocycles.